The smallest absolute Gasteiger partial charge is 0.243 e. The van der Waals surface area contributed by atoms with Crippen molar-refractivity contribution < 1.29 is 52.7 Å². The summed E-state index contributed by atoms with van der Waals surface area (Å²) in [5.41, 5.74) is 16.3. The number of likely N-dealkylation sites (N-methyl/N-ethyl adjacent to an activating group) is 1. The number of primary amides is 2. The number of nitrogens with two attached hydrogens (primary N) is 3. The number of carbonyl (C=O) groups excluding carboxylic acids is 11. The van der Waals surface area contributed by atoms with Crippen LogP contribution in [0.5, 0.6) is 0 Å². The van der Waals surface area contributed by atoms with Crippen LogP contribution in [-0.4, -0.2) is 204 Å². The molecule has 2 bridgehead atoms. The van der Waals surface area contributed by atoms with Crippen LogP contribution in [0.3, 0.4) is 0 Å². The minimum Gasteiger partial charge on any atom is -0.370 e. The summed E-state index contributed by atoms with van der Waals surface area (Å²) in [6.07, 6.45) is 0.274. The standard InChI is InChI=1S/C49H90N18O11/c1-30(2)22-35(44(75)61-24-42(73)63-36(23-38(51)69)43(74)53-4)66-45(76)32(64-47(78)34(11-13-37(50)68)65-46(77)33-12-14-40(71)62-33)8-5-6-15-60-39(70)9-7-10-41(72)67-48-25-54-16-18-57-28-49(52,29-58-19-17-55-26-48)31(3)59-21-20-56-27-48/h30-36,54-59H,5-29,52H2,1-4H3,(H2,50,68)(H2,51,69)(H,53,74)(H,60,70)(H,61,75)(H,62,71)(H,63,73)(H,64,78)(H,65,77)(H,66,76)(H,67,72)/t31-,32+,33?,34?,35?,36?,48?,49?/m1/s1. The normalized spacial score (nSPS) is 22.8. The Bertz CT molecular complexity index is 2020. The van der Waals surface area contributed by atoms with Crippen LogP contribution in [0.2, 0.25) is 0 Å². The first-order chi connectivity index (χ1) is 37.0. The van der Waals surface area contributed by atoms with Crippen LogP contribution in [0.25, 0.3) is 0 Å². The molecule has 21 N–H and O–H groups in total. The van der Waals surface area contributed by atoms with E-state index in [1.165, 1.54) is 7.05 Å². The molecule has 4 unspecified atom stereocenters. The molecule has 29 nitrogen and oxygen atoms in total. The lowest BCUT2D eigenvalue weighted by molar-refractivity contribution is -0.135. The lowest BCUT2D eigenvalue weighted by Gasteiger charge is -2.39. The van der Waals surface area contributed by atoms with E-state index < -0.39 is 102 Å². The Morgan fingerprint density at radius 2 is 1.19 bits per heavy atom. The third-order valence-electron chi connectivity index (χ3n) is 13.6. The van der Waals surface area contributed by atoms with Gasteiger partial charge in [-0.05, 0) is 57.8 Å². The molecule has 4 aliphatic heterocycles. The van der Waals surface area contributed by atoms with Gasteiger partial charge in [0.25, 0.3) is 0 Å². The van der Waals surface area contributed by atoms with Crippen LogP contribution < -0.4 is 97.0 Å². The molecule has 0 aliphatic carbocycles. The lowest BCUT2D eigenvalue weighted by Crippen LogP contribution is -2.68. The monoisotopic (exact) mass is 1110 g/mol. The topological polar surface area (TPSA) is 446 Å². The van der Waals surface area contributed by atoms with E-state index in [1.54, 1.807) is 13.8 Å². The lowest BCUT2D eigenvalue weighted by atomic mass is 9.91. The summed E-state index contributed by atoms with van der Waals surface area (Å²) in [5, 5.41) is 44.5. The maximum atomic E-state index is 14.1. The van der Waals surface area contributed by atoms with Gasteiger partial charge < -0.3 is 97.0 Å². The van der Waals surface area contributed by atoms with Crippen LogP contribution in [0.4, 0.5) is 0 Å². The molecule has 6 atom stereocenters. The Morgan fingerprint density at radius 1 is 0.615 bits per heavy atom. The summed E-state index contributed by atoms with van der Waals surface area (Å²) in [6, 6.07) is -6.14. The third-order valence-corrected chi connectivity index (χ3v) is 13.6. The molecule has 0 radical (unpaired) electrons. The Labute approximate surface area is 456 Å². The second-order valence-corrected chi connectivity index (χ2v) is 20.9. The van der Waals surface area contributed by atoms with E-state index >= 15 is 0 Å². The molecule has 4 saturated heterocycles. The maximum absolute atomic E-state index is 14.1. The molecule has 4 heterocycles. The molecule has 0 spiro atoms. The molecule has 78 heavy (non-hydrogen) atoms. The van der Waals surface area contributed by atoms with Gasteiger partial charge in [0, 0.05) is 117 Å². The van der Waals surface area contributed by atoms with Crippen LogP contribution in [0.15, 0.2) is 0 Å². The molecular formula is C49H90N18O11. The van der Waals surface area contributed by atoms with E-state index in [1.807, 2.05) is 0 Å². The predicted octanol–water partition coefficient (Wildman–Crippen LogP) is -7.78. The largest absolute Gasteiger partial charge is 0.370 e. The Balaban J connectivity index is 1.65. The molecule has 442 valence electrons. The van der Waals surface area contributed by atoms with Crippen molar-refractivity contribution >= 4 is 65.0 Å². The van der Waals surface area contributed by atoms with E-state index in [2.05, 4.69) is 86.7 Å². The second-order valence-electron chi connectivity index (χ2n) is 20.9. The quantitative estimate of drug-likeness (QED) is 0.0324. The van der Waals surface area contributed by atoms with Gasteiger partial charge in [-0.25, -0.2) is 0 Å². The minimum absolute atomic E-state index is 0.0284. The highest BCUT2D eigenvalue weighted by molar-refractivity contribution is 5.97. The summed E-state index contributed by atoms with van der Waals surface area (Å²) >= 11 is 0. The van der Waals surface area contributed by atoms with Gasteiger partial charge in [-0.1, -0.05) is 13.8 Å². The van der Waals surface area contributed by atoms with E-state index in [9.17, 15) is 52.7 Å². The summed E-state index contributed by atoms with van der Waals surface area (Å²) < 4.78 is 0. The molecular weight excluding hydrogens is 1020 g/mol. The fourth-order valence-electron chi connectivity index (χ4n) is 9.08. The summed E-state index contributed by atoms with van der Waals surface area (Å²) in [7, 11) is 1.30. The highest BCUT2D eigenvalue weighted by atomic mass is 16.2. The van der Waals surface area contributed by atoms with Gasteiger partial charge in [0.1, 0.15) is 30.2 Å². The highest BCUT2D eigenvalue weighted by Crippen LogP contribution is 2.12. The first kappa shape index (κ1) is 66.2. The summed E-state index contributed by atoms with van der Waals surface area (Å²) in [5.74, 6) is -7.28. The molecule has 29 heteroatoms. The second kappa shape index (κ2) is 34.7. The zero-order valence-corrected chi connectivity index (χ0v) is 45.9. The van der Waals surface area contributed by atoms with Crippen molar-refractivity contribution in [2.45, 2.75) is 145 Å². The van der Waals surface area contributed by atoms with Crippen molar-refractivity contribution in [3.8, 4) is 0 Å². The van der Waals surface area contributed by atoms with Gasteiger partial charge in [-0.3, -0.25) is 52.7 Å². The molecule has 4 rings (SSSR count). The van der Waals surface area contributed by atoms with Crippen molar-refractivity contribution in [3.63, 3.8) is 0 Å². The molecule has 4 aliphatic rings. The Hall–Kier alpha value is -6.11. The fraction of sp³-hybridized carbons (Fsp3) is 0.776. The van der Waals surface area contributed by atoms with Crippen molar-refractivity contribution in [2.75, 3.05) is 92.1 Å². The van der Waals surface area contributed by atoms with Crippen LogP contribution in [0, 0.1) is 5.92 Å². The zero-order valence-electron chi connectivity index (χ0n) is 45.9. The predicted molar refractivity (Wildman–Crippen MR) is 288 cm³/mol. The number of fused-ring (bicyclic) bond motifs is 15. The Morgan fingerprint density at radius 3 is 1.76 bits per heavy atom. The van der Waals surface area contributed by atoms with Crippen LogP contribution in [-0.2, 0) is 52.7 Å². The molecule has 4 fully saturated rings. The van der Waals surface area contributed by atoms with Crippen molar-refractivity contribution in [2.24, 2.45) is 23.1 Å². The molecule has 11 amide bonds. The van der Waals surface area contributed by atoms with Crippen molar-refractivity contribution in [1.29, 1.82) is 0 Å². The van der Waals surface area contributed by atoms with E-state index in [0.717, 1.165) is 0 Å². The molecule has 0 aromatic carbocycles. The average Bonchev–Trinajstić information content (AvgIpc) is 3.83. The summed E-state index contributed by atoms with van der Waals surface area (Å²) in [4.78, 5) is 141. The van der Waals surface area contributed by atoms with E-state index in [-0.39, 0.29) is 100 Å². The number of amides is 11. The van der Waals surface area contributed by atoms with Gasteiger partial charge in [-0.15, -0.1) is 0 Å². The molecule has 0 aromatic rings. The number of carbonyl (C=O) groups is 11. The number of rotatable bonds is 28. The van der Waals surface area contributed by atoms with Gasteiger partial charge in [0.15, 0.2) is 0 Å². The van der Waals surface area contributed by atoms with Gasteiger partial charge in [0.2, 0.25) is 65.0 Å². The number of hydrogen-bond acceptors (Lipinski definition) is 18. The SMILES string of the molecule is CNC(=O)C(CC(N)=O)NC(=O)CNC(=O)C(CC(C)C)NC(=O)[C@H](CCCCNC(=O)CCCC(=O)NC12CNCCNCC(N)(CNCCNC1)[C@@H](C)NCCNC2)NC(=O)C(CCC(N)=O)NC(=O)C1CCC(=O)N1. The highest BCUT2D eigenvalue weighted by Gasteiger charge is 2.36. The van der Waals surface area contributed by atoms with Gasteiger partial charge in [0.05, 0.1) is 24.0 Å². The van der Waals surface area contributed by atoms with Crippen LogP contribution in [0.1, 0.15) is 97.8 Å². The van der Waals surface area contributed by atoms with Crippen molar-refractivity contribution in [1.82, 2.24) is 79.8 Å². The Kier molecular flexibility index (Phi) is 29.4. The fourth-order valence-corrected chi connectivity index (χ4v) is 9.08. The number of unbranched alkanes of at least 4 members (excludes halogenated alkanes) is 1. The third kappa shape index (κ3) is 25.1. The van der Waals surface area contributed by atoms with Crippen LogP contribution >= 0.6 is 0 Å². The first-order valence-corrected chi connectivity index (χ1v) is 27.2. The van der Waals surface area contributed by atoms with Gasteiger partial charge >= 0.3 is 0 Å². The minimum atomic E-state index is -1.37. The zero-order chi connectivity index (χ0) is 57.7. The van der Waals surface area contributed by atoms with Gasteiger partial charge in [-0.2, -0.15) is 0 Å². The molecule has 0 aromatic heterocycles. The van der Waals surface area contributed by atoms with E-state index in [0.29, 0.717) is 78.4 Å². The summed E-state index contributed by atoms with van der Waals surface area (Å²) in [6.45, 7) is 11.9. The van der Waals surface area contributed by atoms with E-state index in [4.69, 9.17) is 17.2 Å². The maximum Gasteiger partial charge on any atom is 0.243 e. The average molecular weight is 1110 g/mol. The van der Waals surface area contributed by atoms with Crippen molar-refractivity contribution in [3.05, 3.63) is 0 Å². The first-order valence-electron chi connectivity index (χ1n) is 27.2. The molecule has 0 saturated carbocycles. The number of hydrogen-bond donors (Lipinski definition) is 18. The number of nitrogens with one attached hydrogen (secondary N) is 15.